The van der Waals surface area contributed by atoms with E-state index in [0.29, 0.717) is 0 Å². The molecule has 0 radical (unpaired) electrons. The van der Waals surface area contributed by atoms with E-state index in [1.165, 1.54) is 5.69 Å². The fourth-order valence-corrected chi connectivity index (χ4v) is 2.59. The average Bonchev–Trinajstić information content (AvgIpc) is 2.48. The van der Waals surface area contributed by atoms with Crippen LogP contribution in [0.5, 0.6) is 0 Å². The molecular formula is C15H16ClN3. The average molecular weight is 274 g/mol. The third-order valence-corrected chi connectivity index (χ3v) is 3.66. The van der Waals surface area contributed by atoms with Gasteiger partial charge in [0.05, 0.1) is 0 Å². The Morgan fingerprint density at radius 3 is 2.37 bits per heavy atom. The SMILES string of the molecule is Clc1cccc(N2CCN(c3ccccn3)CC2)c1. The third-order valence-electron chi connectivity index (χ3n) is 3.43. The lowest BCUT2D eigenvalue weighted by molar-refractivity contribution is 0.647. The molecule has 0 bridgehead atoms. The van der Waals surface area contributed by atoms with Crippen LogP contribution in [-0.4, -0.2) is 31.2 Å². The van der Waals surface area contributed by atoms with E-state index in [1.54, 1.807) is 0 Å². The van der Waals surface area contributed by atoms with Crippen LogP contribution < -0.4 is 9.80 Å². The van der Waals surface area contributed by atoms with Gasteiger partial charge < -0.3 is 9.80 Å². The van der Waals surface area contributed by atoms with Gasteiger partial charge >= 0.3 is 0 Å². The maximum absolute atomic E-state index is 6.04. The number of nitrogens with zero attached hydrogens (tertiary/aromatic N) is 3. The molecule has 3 rings (SSSR count). The summed E-state index contributed by atoms with van der Waals surface area (Å²) in [5.74, 6) is 1.06. The molecule has 1 aromatic carbocycles. The Kier molecular flexibility index (Phi) is 3.56. The van der Waals surface area contributed by atoms with Gasteiger partial charge in [-0.05, 0) is 30.3 Å². The molecule has 1 saturated heterocycles. The van der Waals surface area contributed by atoms with Crippen molar-refractivity contribution in [2.75, 3.05) is 36.0 Å². The van der Waals surface area contributed by atoms with E-state index in [1.807, 2.05) is 36.5 Å². The van der Waals surface area contributed by atoms with Crippen LogP contribution in [0.2, 0.25) is 5.02 Å². The van der Waals surface area contributed by atoms with Crippen molar-refractivity contribution in [3.8, 4) is 0 Å². The second-order valence-corrected chi connectivity index (χ2v) is 5.08. The Hall–Kier alpha value is -1.74. The van der Waals surface area contributed by atoms with Gasteiger partial charge in [-0.2, -0.15) is 0 Å². The number of aromatic nitrogens is 1. The molecule has 98 valence electrons. The van der Waals surface area contributed by atoms with Crippen LogP contribution in [0.25, 0.3) is 0 Å². The molecule has 2 heterocycles. The highest BCUT2D eigenvalue weighted by atomic mass is 35.5. The van der Waals surface area contributed by atoms with Gasteiger partial charge in [0, 0.05) is 43.1 Å². The molecule has 0 unspecified atom stereocenters. The molecule has 0 spiro atoms. The first-order chi connectivity index (χ1) is 9.33. The minimum absolute atomic E-state index is 0.796. The van der Waals surface area contributed by atoms with E-state index < -0.39 is 0 Å². The molecule has 1 aliphatic rings. The summed E-state index contributed by atoms with van der Waals surface area (Å²) in [4.78, 5) is 9.09. The van der Waals surface area contributed by atoms with Crippen molar-refractivity contribution in [2.45, 2.75) is 0 Å². The summed E-state index contributed by atoms with van der Waals surface area (Å²) < 4.78 is 0. The van der Waals surface area contributed by atoms with Crippen molar-refractivity contribution >= 4 is 23.1 Å². The monoisotopic (exact) mass is 273 g/mol. The van der Waals surface area contributed by atoms with Gasteiger partial charge in [-0.1, -0.05) is 23.7 Å². The van der Waals surface area contributed by atoms with Crippen LogP contribution in [0.1, 0.15) is 0 Å². The molecule has 1 aromatic heterocycles. The summed E-state index contributed by atoms with van der Waals surface area (Å²) in [6, 6.07) is 14.1. The highest BCUT2D eigenvalue weighted by molar-refractivity contribution is 6.30. The van der Waals surface area contributed by atoms with Gasteiger partial charge in [-0.15, -0.1) is 0 Å². The molecule has 2 aromatic rings. The number of halogens is 1. The molecule has 0 amide bonds. The molecular weight excluding hydrogens is 258 g/mol. The molecule has 0 N–H and O–H groups in total. The van der Waals surface area contributed by atoms with Crippen LogP contribution in [0.3, 0.4) is 0 Å². The largest absolute Gasteiger partial charge is 0.368 e. The summed E-state index contributed by atoms with van der Waals surface area (Å²) in [5, 5.41) is 0.796. The van der Waals surface area contributed by atoms with Gasteiger partial charge in [0.1, 0.15) is 5.82 Å². The molecule has 0 aliphatic carbocycles. The number of rotatable bonds is 2. The number of anilines is 2. The lowest BCUT2D eigenvalue weighted by Crippen LogP contribution is -2.46. The summed E-state index contributed by atoms with van der Waals surface area (Å²) in [6.45, 7) is 3.97. The van der Waals surface area contributed by atoms with E-state index in [0.717, 1.165) is 37.0 Å². The highest BCUT2D eigenvalue weighted by Crippen LogP contribution is 2.22. The predicted molar refractivity (Wildman–Crippen MR) is 80.1 cm³/mol. The zero-order chi connectivity index (χ0) is 13.1. The highest BCUT2D eigenvalue weighted by Gasteiger charge is 2.17. The van der Waals surface area contributed by atoms with Crippen LogP contribution >= 0.6 is 11.6 Å². The molecule has 3 nitrogen and oxygen atoms in total. The van der Waals surface area contributed by atoms with Crippen molar-refractivity contribution < 1.29 is 0 Å². The van der Waals surface area contributed by atoms with Crippen molar-refractivity contribution in [2.24, 2.45) is 0 Å². The maximum atomic E-state index is 6.04. The molecule has 1 fully saturated rings. The predicted octanol–water partition coefficient (Wildman–Crippen LogP) is 3.06. The number of pyridine rings is 1. The smallest absolute Gasteiger partial charge is 0.128 e. The Morgan fingerprint density at radius 1 is 0.895 bits per heavy atom. The Balaban J connectivity index is 1.67. The molecule has 19 heavy (non-hydrogen) atoms. The summed E-state index contributed by atoms with van der Waals surface area (Å²) >= 11 is 6.04. The van der Waals surface area contributed by atoms with Gasteiger partial charge in [0.15, 0.2) is 0 Å². The Labute approximate surface area is 118 Å². The normalized spacial score (nSPS) is 15.6. The van der Waals surface area contributed by atoms with Crippen molar-refractivity contribution in [1.82, 2.24) is 4.98 Å². The molecule has 4 heteroatoms. The van der Waals surface area contributed by atoms with Crippen molar-refractivity contribution in [3.05, 3.63) is 53.7 Å². The fourth-order valence-electron chi connectivity index (χ4n) is 2.41. The standard InChI is InChI=1S/C15H16ClN3/c16-13-4-3-5-14(12-13)18-8-10-19(11-9-18)15-6-1-2-7-17-15/h1-7,12H,8-11H2. The Bertz CT molecular complexity index is 536. The molecule has 1 aliphatic heterocycles. The van der Waals surface area contributed by atoms with Crippen molar-refractivity contribution in [1.29, 1.82) is 0 Å². The minimum atomic E-state index is 0.796. The van der Waals surface area contributed by atoms with E-state index in [-0.39, 0.29) is 0 Å². The first kappa shape index (κ1) is 12.3. The fraction of sp³-hybridized carbons (Fsp3) is 0.267. The van der Waals surface area contributed by atoms with Gasteiger partial charge in [-0.3, -0.25) is 0 Å². The number of hydrogen-bond donors (Lipinski definition) is 0. The zero-order valence-corrected chi connectivity index (χ0v) is 11.4. The Morgan fingerprint density at radius 2 is 1.68 bits per heavy atom. The molecule has 0 atom stereocenters. The van der Waals surface area contributed by atoms with Crippen LogP contribution in [0.4, 0.5) is 11.5 Å². The van der Waals surface area contributed by atoms with Crippen LogP contribution in [0.15, 0.2) is 48.7 Å². The molecule has 0 saturated carbocycles. The lowest BCUT2D eigenvalue weighted by Gasteiger charge is -2.36. The van der Waals surface area contributed by atoms with Gasteiger partial charge in [-0.25, -0.2) is 4.98 Å². The van der Waals surface area contributed by atoms with E-state index in [9.17, 15) is 0 Å². The lowest BCUT2D eigenvalue weighted by atomic mass is 10.2. The number of benzene rings is 1. The zero-order valence-electron chi connectivity index (χ0n) is 10.7. The first-order valence-electron chi connectivity index (χ1n) is 6.49. The van der Waals surface area contributed by atoms with Crippen LogP contribution in [-0.2, 0) is 0 Å². The first-order valence-corrected chi connectivity index (χ1v) is 6.87. The van der Waals surface area contributed by atoms with Gasteiger partial charge in [0.25, 0.3) is 0 Å². The number of hydrogen-bond acceptors (Lipinski definition) is 3. The minimum Gasteiger partial charge on any atom is -0.368 e. The van der Waals surface area contributed by atoms with E-state index in [2.05, 4.69) is 26.9 Å². The number of piperazine rings is 1. The van der Waals surface area contributed by atoms with Crippen LogP contribution in [0, 0.1) is 0 Å². The van der Waals surface area contributed by atoms with Crippen molar-refractivity contribution in [3.63, 3.8) is 0 Å². The topological polar surface area (TPSA) is 19.4 Å². The summed E-state index contributed by atoms with van der Waals surface area (Å²) in [7, 11) is 0. The second kappa shape index (κ2) is 5.49. The second-order valence-electron chi connectivity index (χ2n) is 4.64. The maximum Gasteiger partial charge on any atom is 0.128 e. The summed E-state index contributed by atoms with van der Waals surface area (Å²) in [6.07, 6.45) is 1.85. The van der Waals surface area contributed by atoms with E-state index in [4.69, 9.17) is 11.6 Å². The third kappa shape index (κ3) is 2.82. The quantitative estimate of drug-likeness (QED) is 0.838. The van der Waals surface area contributed by atoms with Gasteiger partial charge in [0.2, 0.25) is 0 Å². The van der Waals surface area contributed by atoms with E-state index >= 15 is 0 Å². The summed E-state index contributed by atoms with van der Waals surface area (Å²) in [5.41, 5.74) is 1.20.